The summed E-state index contributed by atoms with van der Waals surface area (Å²) in [6.45, 7) is 10.5. The SMILES string of the molecule is CC(=N/C=C(\C)c1ccc(-c2ccc(Br)s2)cc1)[C@@H]1CCCN1C(=O)OC(C)(C)C. The van der Waals surface area contributed by atoms with E-state index in [0.717, 1.165) is 40.0 Å². The number of carbonyl (C=O) groups excluding carboxylic acids is 1. The van der Waals surface area contributed by atoms with Gasteiger partial charge in [0, 0.05) is 23.3 Å². The fourth-order valence-electron chi connectivity index (χ4n) is 3.47. The maximum Gasteiger partial charge on any atom is 0.410 e. The number of thiophene rings is 1. The van der Waals surface area contributed by atoms with Crippen molar-refractivity contribution in [3.05, 3.63) is 51.9 Å². The standard InChI is InChI=1S/C24H29BrN2O2S/c1-16(18-8-10-19(11-9-18)21-12-13-22(25)30-21)15-26-17(2)20-7-6-14-27(20)23(28)29-24(3,4)5/h8-13,15,20H,6-7,14H2,1-5H3/b16-15+,26-17?/t20-/m0/s1. The number of amides is 1. The maximum absolute atomic E-state index is 12.5. The van der Waals surface area contributed by atoms with Crippen LogP contribution in [-0.4, -0.2) is 34.9 Å². The second kappa shape index (κ2) is 9.48. The summed E-state index contributed by atoms with van der Waals surface area (Å²) >= 11 is 5.25. The van der Waals surface area contributed by atoms with Crippen molar-refractivity contribution in [1.82, 2.24) is 4.90 Å². The molecule has 0 unspecified atom stereocenters. The lowest BCUT2D eigenvalue weighted by molar-refractivity contribution is 0.0265. The van der Waals surface area contributed by atoms with Crippen molar-refractivity contribution in [2.75, 3.05) is 6.54 Å². The summed E-state index contributed by atoms with van der Waals surface area (Å²) in [5.74, 6) is 0. The number of allylic oxidation sites excluding steroid dienone is 1. The van der Waals surface area contributed by atoms with Gasteiger partial charge in [0.2, 0.25) is 0 Å². The molecule has 2 heterocycles. The summed E-state index contributed by atoms with van der Waals surface area (Å²) in [4.78, 5) is 20.3. The van der Waals surface area contributed by atoms with Crippen molar-refractivity contribution in [2.24, 2.45) is 4.99 Å². The zero-order valence-corrected chi connectivity index (χ0v) is 20.6. The van der Waals surface area contributed by atoms with E-state index in [2.05, 4.69) is 59.3 Å². The van der Waals surface area contributed by atoms with Crippen LogP contribution in [0.3, 0.4) is 0 Å². The average molecular weight is 489 g/mol. The van der Waals surface area contributed by atoms with E-state index in [-0.39, 0.29) is 12.1 Å². The Morgan fingerprint density at radius 3 is 2.50 bits per heavy atom. The number of ether oxygens (including phenoxy) is 1. The lowest BCUT2D eigenvalue weighted by Crippen LogP contribution is -2.42. The molecule has 0 radical (unpaired) electrons. The molecule has 1 aliphatic heterocycles. The smallest absolute Gasteiger partial charge is 0.410 e. The van der Waals surface area contributed by atoms with Gasteiger partial charge in [-0.05, 0) is 92.2 Å². The summed E-state index contributed by atoms with van der Waals surface area (Å²) in [5, 5.41) is 0. The molecule has 0 spiro atoms. The first-order valence-corrected chi connectivity index (χ1v) is 11.8. The molecule has 1 aromatic heterocycles. The van der Waals surface area contributed by atoms with Crippen molar-refractivity contribution in [3.63, 3.8) is 0 Å². The quantitative estimate of drug-likeness (QED) is 0.420. The molecule has 160 valence electrons. The third-order valence-corrected chi connectivity index (χ3v) is 6.70. The number of halogens is 1. The topological polar surface area (TPSA) is 41.9 Å². The fourth-order valence-corrected chi connectivity index (χ4v) is 4.86. The lowest BCUT2D eigenvalue weighted by atomic mass is 10.1. The van der Waals surface area contributed by atoms with Crippen LogP contribution in [0, 0.1) is 0 Å². The number of rotatable bonds is 4. The van der Waals surface area contributed by atoms with Crippen LogP contribution in [0.25, 0.3) is 16.0 Å². The van der Waals surface area contributed by atoms with Crippen molar-refractivity contribution in [2.45, 2.75) is 59.1 Å². The molecule has 6 heteroatoms. The molecular weight excluding hydrogens is 460 g/mol. The van der Waals surface area contributed by atoms with Crippen LogP contribution in [0.15, 0.2) is 51.4 Å². The summed E-state index contributed by atoms with van der Waals surface area (Å²) in [6, 6.07) is 12.7. The number of aliphatic imine (C=N–C) groups is 1. The Morgan fingerprint density at radius 1 is 1.20 bits per heavy atom. The highest BCUT2D eigenvalue weighted by Gasteiger charge is 2.33. The van der Waals surface area contributed by atoms with Gasteiger partial charge in [0.1, 0.15) is 5.60 Å². The van der Waals surface area contributed by atoms with Gasteiger partial charge in [-0.2, -0.15) is 0 Å². The van der Waals surface area contributed by atoms with Crippen LogP contribution in [0.5, 0.6) is 0 Å². The number of carbonyl (C=O) groups is 1. The van der Waals surface area contributed by atoms with E-state index in [1.807, 2.05) is 33.9 Å². The zero-order chi connectivity index (χ0) is 21.9. The Hall–Kier alpha value is -1.92. The minimum atomic E-state index is -0.489. The van der Waals surface area contributed by atoms with Crippen LogP contribution in [0.2, 0.25) is 0 Å². The summed E-state index contributed by atoms with van der Waals surface area (Å²) in [6.07, 6.45) is 3.54. The third kappa shape index (κ3) is 5.82. The van der Waals surface area contributed by atoms with Crippen molar-refractivity contribution >= 4 is 44.6 Å². The number of nitrogens with zero attached hydrogens (tertiary/aromatic N) is 2. The molecule has 3 rings (SSSR count). The minimum Gasteiger partial charge on any atom is -0.444 e. The molecule has 4 nitrogen and oxygen atoms in total. The molecule has 1 saturated heterocycles. The van der Waals surface area contributed by atoms with Gasteiger partial charge in [0.15, 0.2) is 0 Å². The van der Waals surface area contributed by atoms with E-state index in [4.69, 9.17) is 9.73 Å². The minimum absolute atomic E-state index is 0.00329. The highest BCUT2D eigenvalue weighted by atomic mass is 79.9. The van der Waals surface area contributed by atoms with E-state index in [1.54, 1.807) is 16.2 Å². The molecule has 1 aliphatic rings. The molecule has 0 bridgehead atoms. The second-order valence-electron chi connectivity index (χ2n) is 8.60. The van der Waals surface area contributed by atoms with Crippen molar-refractivity contribution < 1.29 is 9.53 Å². The first kappa shape index (κ1) is 22.8. The van der Waals surface area contributed by atoms with Crippen molar-refractivity contribution in [3.8, 4) is 10.4 Å². The van der Waals surface area contributed by atoms with Gasteiger partial charge in [-0.1, -0.05) is 24.3 Å². The lowest BCUT2D eigenvalue weighted by Gasteiger charge is -2.28. The van der Waals surface area contributed by atoms with E-state index in [9.17, 15) is 4.79 Å². The van der Waals surface area contributed by atoms with Crippen molar-refractivity contribution in [1.29, 1.82) is 0 Å². The van der Waals surface area contributed by atoms with Gasteiger partial charge < -0.3 is 4.74 Å². The summed E-state index contributed by atoms with van der Waals surface area (Å²) < 4.78 is 6.69. The molecule has 1 atom stereocenters. The molecule has 30 heavy (non-hydrogen) atoms. The molecule has 1 amide bonds. The third-order valence-electron chi connectivity index (χ3n) is 5.02. The van der Waals surface area contributed by atoms with Gasteiger partial charge in [-0.15, -0.1) is 11.3 Å². The van der Waals surface area contributed by atoms with E-state index in [1.165, 1.54) is 10.4 Å². The number of likely N-dealkylation sites (tertiary alicyclic amines) is 1. The first-order valence-electron chi connectivity index (χ1n) is 10.2. The molecule has 0 N–H and O–H groups in total. The van der Waals surface area contributed by atoms with Gasteiger partial charge in [-0.25, -0.2) is 4.79 Å². The van der Waals surface area contributed by atoms with Gasteiger partial charge in [0.05, 0.1) is 9.83 Å². The van der Waals surface area contributed by atoms with E-state index < -0.39 is 5.60 Å². The molecule has 0 saturated carbocycles. The summed E-state index contributed by atoms with van der Waals surface area (Å²) in [5.41, 5.74) is 3.90. The van der Waals surface area contributed by atoms with Crippen LogP contribution in [0.1, 0.15) is 53.0 Å². The second-order valence-corrected chi connectivity index (χ2v) is 11.1. The first-order chi connectivity index (χ1) is 14.1. The largest absolute Gasteiger partial charge is 0.444 e. The van der Waals surface area contributed by atoms with Gasteiger partial charge in [0.25, 0.3) is 0 Å². The monoisotopic (exact) mass is 488 g/mol. The number of hydrogen-bond donors (Lipinski definition) is 0. The van der Waals surface area contributed by atoms with Crippen LogP contribution < -0.4 is 0 Å². The Morgan fingerprint density at radius 2 is 1.90 bits per heavy atom. The van der Waals surface area contributed by atoms with Gasteiger partial charge in [-0.3, -0.25) is 9.89 Å². The molecule has 2 aromatic rings. The predicted molar refractivity (Wildman–Crippen MR) is 130 cm³/mol. The Bertz CT molecular complexity index is 954. The Labute approximate surface area is 191 Å². The predicted octanol–water partition coefficient (Wildman–Crippen LogP) is 7.40. The molecular formula is C24H29BrN2O2S. The number of benzene rings is 1. The molecule has 1 aromatic carbocycles. The molecule has 0 aliphatic carbocycles. The Balaban J connectivity index is 1.70. The zero-order valence-electron chi connectivity index (χ0n) is 18.2. The highest BCUT2D eigenvalue weighted by Crippen LogP contribution is 2.32. The van der Waals surface area contributed by atoms with Crippen LogP contribution >= 0.6 is 27.3 Å². The van der Waals surface area contributed by atoms with Gasteiger partial charge >= 0.3 is 6.09 Å². The van der Waals surface area contributed by atoms with Crippen LogP contribution in [0.4, 0.5) is 4.79 Å². The maximum atomic E-state index is 12.5. The van der Waals surface area contributed by atoms with Crippen LogP contribution in [-0.2, 0) is 4.74 Å². The van der Waals surface area contributed by atoms with E-state index in [0.29, 0.717) is 0 Å². The Kier molecular flexibility index (Phi) is 7.19. The highest BCUT2D eigenvalue weighted by molar-refractivity contribution is 9.11. The number of hydrogen-bond acceptors (Lipinski definition) is 4. The summed E-state index contributed by atoms with van der Waals surface area (Å²) in [7, 11) is 0. The fraction of sp³-hybridized carbons (Fsp3) is 0.417. The average Bonchev–Trinajstić information content (AvgIpc) is 3.34. The normalized spacial score (nSPS) is 18.1. The van der Waals surface area contributed by atoms with E-state index >= 15 is 0 Å². The molecule has 1 fully saturated rings.